The Balaban J connectivity index is 1.21. The van der Waals surface area contributed by atoms with E-state index in [1.165, 1.54) is 14.8 Å². The van der Waals surface area contributed by atoms with Crippen molar-refractivity contribution in [3.63, 3.8) is 0 Å². The summed E-state index contributed by atoms with van der Waals surface area (Å²) >= 11 is 1.78. The Morgan fingerprint density at radius 1 is 0.935 bits per heavy atom. The van der Waals surface area contributed by atoms with Gasteiger partial charge in [-0.3, -0.25) is 5.10 Å². The molecule has 3 aromatic heterocycles. The number of aromatic nitrogens is 3. The summed E-state index contributed by atoms with van der Waals surface area (Å²) in [6.45, 7) is 3.30. The highest BCUT2D eigenvalue weighted by Crippen LogP contribution is 2.38. The molecule has 31 heavy (non-hydrogen) atoms. The number of thiophene rings is 1. The fourth-order valence-corrected chi connectivity index (χ4v) is 5.16. The standard InChI is InChI=1S/C24H21N5OS/c1-2-4-20-19(3-1)23-24(31-20)22(27-28-23)16-5-7-17(8-6-16)26-18-9-10-21(25-15-18)29-11-13-30-14-12-29/h1-10,15,26H,11-14H2,(H,27,28). The van der Waals surface area contributed by atoms with E-state index in [1.54, 1.807) is 11.3 Å². The van der Waals surface area contributed by atoms with Crippen LogP contribution >= 0.6 is 11.3 Å². The molecule has 0 atom stereocenters. The number of rotatable bonds is 4. The highest BCUT2D eigenvalue weighted by Gasteiger charge is 2.14. The van der Waals surface area contributed by atoms with Crippen LogP contribution < -0.4 is 10.2 Å². The van der Waals surface area contributed by atoms with Crippen LogP contribution in [-0.2, 0) is 4.74 Å². The van der Waals surface area contributed by atoms with Gasteiger partial charge in [-0.05, 0) is 30.3 Å². The summed E-state index contributed by atoms with van der Waals surface area (Å²) < 4.78 is 7.89. The quantitative estimate of drug-likeness (QED) is 0.401. The van der Waals surface area contributed by atoms with E-state index in [0.717, 1.165) is 60.3 Å². The molecule has 0 saturated carbocycles. The van der Waals surface area contributed by atoms with Gasteiger partial charge in [-0.1, -0.05) is 30.3 Å². The summed E-state index contributed by atoms with van der Waals surface area (Å²) in [7, 11) is 0. The smallest absolute Gasteiger partial charge is 0.128 e. The van der Waals surface area contributed by atoms with Gasteiger partial charge in [0.15, 0.2) is 0 Å². The van der Waals surface area contributed by atoms with Crippen LogP contribution in [0.4, 0.5) is 17.2 Å². The van der Waals surface area contributed by atoms with Crippen LogP contribution in [-0.4, -0.2) is 41.5 Å². The Labute approximate surface area is 183 Å². The van der Waals surface area contributed by atoms with E-state index in [-0.39, 0.29) is 0 Å². The number of pyridine rings is 1. The van der Waals surface area contributed by atoms with Crippen molar-refractivity contribution >= 4 is 48.8 Å². The van der Waals surface area contributed by atoms with Crippen molar-refractivity contribution in [2.24, 2.45) is 0 Å². The minimum atomic E-state index is 0.762. The van der Waals surface area contributed by atoms with E-state index in [4.69, 9.17) is 4.74 Å². The molecule has 0 radical (unpaired) electrons. The van der Waals surface area contributed by atoms with Gasteiger partial charge in [-0.15, -0.1) is 11.3 Å². The number of hydrogen-bond acceptors (Lipinski definition) is 6. The molecule has 0 spiro atoms. The number of nitrogens with one attached hydrogen (secondary N) is 2. The lowest BCUT2D eigenvalue weighted by Gasteiger charge is -2.27. The average molecular weight is 428 g/mol. The molecule has 1 aliphatic heterocycles. The largest absolute Gasteiger partial charge is 0.378 e. The predicted molar refractivity (Wildman–Crippen MR) is 127 cm³/mol. The number of fused-ring (bicyclic) bond motifs is 3. The molecule has 5 aromatic rings. The number of H-pyrrole nitrogens is 1. The summed E-state index contributed by atoms with van der Waals surface area (Å²) in [6, 6.07) is 21.0. The maximum atomic E-state index is 5.41. The molecule has 6 nitrogen and oxygen atoms in total. The molecule has 154 valence electrons. The van der Waals surface area contributed by atoms with E-state index in [0.29, 0.717) is 0 Å². The molecule has 4 heterocycles. The molecule has 2 aromatic carbocycles. The third kappa shape index (κ3) is 3.41. The minimum absolute atomic E-state index is 0.762. The third-order valence-corrected chi connectivity index (χ3v) is 6.80. The zero-order valence-electron chi connectivity index (χ0n) is 16.8. The van der Waals surface area contributed by atoms with E-state index < -0.39 is 0 Å². The molecule has 0 bridgehead atoms. The normalized spacial score (nSPS) is 14.4. The molecular formula is C24H21N5OS. The first-order chi connectivity index (χ1) is 15.3. The highest BCUT2D eigenvalue weighted by atomic mass is 32.1. The van der Waals surface area contributed by atoms with Gasteiger partial charge in [0.05, 0.1) is 35.3 Å². The van der Waals surface area contributed by atoms with Crippen molar-refractivity contribution in [3.8, 4) is 11.3 Å². The maximum Gasteiger partial charge on any atom is 0.128 e. The first-order valence-corrected chi connectivity index (χ1v) is 11.2. The Kier molecular flexibility index (Phi) is 4.55. The summed E-state index contributed by atoms with van der Waals surface area (Å²) in [5.41, 5.74) is 5.21. The van der Waals surface area contributed by atoms with Crippen LogP contribution in [0.1, 0.15) is 0 Å². The zero-order valence-corrected chi connectivity index (χ0v) is 17.7. The van der Waals surface area contributed by atoms with Crippen LogP contribution in [0, 0.1) is 0 Å². The van der Waals surface area contributed by atoms with Crippen LogP contribution in [0.3, 0.4) is 0 Å². The molecule has 7 heteroatoms. The van der Waals surface area contributed by atoms with Gasteiger partial charge in [0.25, 0.3) is 0 Å². The van der Waals surface area contributed by atoms with Crippen molar-refractivity contribution in [3.05, 3.63) is 66.9 Å². The maximum absolute atomic E-state index is 5.41. The second kappa shape index (κ2) is 7.68. The van der Waals surface area contributed by atoms with E-state index in [9.17, 15) is 0 Å². The summed E-state index contributed by atoms with van der Waals surface area (Å²) in [6.07, 6.45) is 1.88. The molecule has 2 N–H and O–H groups in total. The van der Waals surface area contributed by atoms with Crippen LogP contribution in [0.5, 0.6) is 0 Å². The van der Waals surface area contributed by atoms with Crippen molar-refractivity contribution < 1.29 is 4.74 Å². The molecule has 0 aliphatic carbocycles. The van der Waals surface area contributed by atoms with Crippen LogP contribution in [0.25, 0.3) is 31.6 Å². The first-order valence-electron chi connectivity index (χ1n) is 10.4. The fourth-order valence-electron chi connectivity index (χ4n) is 4.00. The lowest BCUT2D eigenvalue weighted by atomic mass is 10.1. The van der Waals surface area contributed by atoms with Crippen molar-refractivity contribution in [2.45, 2.75) is 0 Å². The average Bonchev–Trinajstić information content (AvgIpc) is 3.40. The predicted octanol–water partition coefficient (Wildman–Crippen LogP) is 5.42. The monoisotopic (exact) mass is 427 g/mol. The van der Waals surface area contributed by atoms with Gasteiger partial charge in [-0.25, -0.2) is 4.98 Å². The summed E-state index contributed by atoms with van der Waals surface area (Å²) in [4.78, 5) is 6.86. The van der Waals surface area contributed by atoms with Gasteiger partial charge in [0.2, 0.25) is 0 Å². The Bertz CT molecular complexity index is 1330. The van der Waals surface area contributed by atoms with E-state index in [2.05, 4.69) is 86.1 Å². The van der Waals surface area contributed by atoms with Gasteiger partial charge in [0.1, 0.15) is 11.5 Å². The fraction of sp³-hybridized carbons (Fsp3) is 0.167. The molecule has 0 unspecified atom stereocenters. The highest BCUT2D eigenvalue weighted by molar-refractivity contribution is 7.26. The van der Waals surface area contributed by atoms with Crippen molar-refractivity contribution in [1.82, 2.24) is 15.2 Å². The molecule has 1 saturated heterocycles. The SMILES string of the molecule is c1ccc2c(c1)sc1c(-c3ccc(Nc4ccc(N5CCOCC5)nc4)cc3)n[nH]c12. The number of hydrogen-bond donors (Lipinski definition) is 2. The van der Waals surface area contributed by atoms with Gasteiger partial charge < -0.3 is 15.0 Å². The Hall–Kier alpha value is -3.42. The number of nitrogens with zero attached hydrogens (tertiary/aromatic N) is 3. The minimum Gasteiger partial charge on any atom is -0.378 e. The van der Waals surface area contributed by atoms with Crippen LogP contribution in [0.15, 0.2) is 66.9 Å². The lowest BCUT2D eigenvalue weighted by molar-refractivity contribution is 0.122. The van der Waals surface area contributed by atoms with E-state index >= 15 is 0 Å². The van der Waals surface area contributed by atoms with Crippen molar-refractivity contribution in [1.29, 1.82) is 0 Å². The number of benzene rings is 2. The van der Waals surface area contributed by atoms with Gasteiger partial charge >= 0.3 is 0 Å². The number of ether oxygens (including phenoxy) is 1. The van der Waals surface area contributed by atoms with E-state index in [1.807, 2.05) is 6.20 Å². The lowest BCUT2D eigenvalue weighted by Crippen LogP contribution is -2.36. The second-order valence-corrected chi connectivity index (χ2v) is 8.63. The molecule has 1 fully saturated rings. The van der Waals surface area contributed by atoms with Gasteiger partial charge in [-0.2, -0.15) is 5.10 Å². The van der Waals surface area contributed by atoms with Gasteiger partial charge in [0, 0.05) is 34.4 Å². The van der Waals surface area contributed by atoms with Crippen LogP contribution in [0.2, 0.25) is 0 Å². The third-order valence-electron chi connectivity index (χ3n) is 5.62. The number of morpholine rings is 1. The number of aromatic amines is 1. The summed E-state index contributed by atoms with van der Waals surface area (Å²) in [5, 5.41) is 12.5. The zero-order chi connectivity index (χ0) is 20.6. The molecular weight excluding hydrogens is 406 g/mol. The summed E-state index contributed by atoms with van der Waals surface area (Å²) in [5.74, 6) is 0.995. The Morgan fingerprint density at radius 3 is 2.55 bits per heavy atom. The van der Waals surface area contributed by atoms with Crippen molar-refractivity contribution in [2.75, 3.05) is 36.5 Å². The Morgan fingerprint density at radius 2 is 1.74 bits per heavy atom. The first kappa shape index (κ1) is 18.4. The molecule has 1 aliphatic rings. The topological polar surface area (TPSA) is 66.1 Å². The molecule has 6 rings (SSSR count). The second-order valence-electron chi connectivity index (χ2n) is 7.58. The molecule has 0 amide bonds. The number of anilines is 3.